The fourth-order valence-electron chi connectivity index (χ4n) is 3.16. The number of hydrogen-bond donors (Lipinski definition) is 1. The van der Waals surface area contributed by atoms with Crippen molar-refractivity contribution in [2.24, 2.45) is 0 Å². The summed E-state index contributed by atoms with van der Waals surface area (Å²) in [6.07, 6.45) is -2.12. The summed E-state index contributed by atoms with van der Waals surface area (Å²) in [6.45, 7) is -0.250. The molecule has 13 heteroatoms. The van der Waals surface area contributed by atoms with E-state index in [9.17, 15) is 14.4 Å². The molecular formula is C24H23N3O10. The Kier molecular flexibility index (Phi) is 8.18. The second kappa shape index (κ2) is 11.9. The summed E-state index contributed by atoms with van der Waals surface area (Å²) in [6, 6.07) is 14.1. The Hall–Kier alpha value is -4.62. The minimum Gasteiger partial charge on any atom is -0.497 e. The van der Waals surface area contributed by atoms with Crippen molar-refractivity contribution in [1.29, 1.82) is 0 Å². The highest BCUT2D eigenvalue weighted by Gasteiger charge is 2.29. The number of carbonyl (C=O) groups is 2. The molecule has 13 nitrogen and oxygen atoms in total. The number of methoxy groups -OCH3 is 2. The molecule has 37 heavy (non-hydrogen) atoms. The molecule has 3 aromatic rings. The zero-order chi connectivity index (χ0) is 26.2. The van der Waals surface area contributed by atoms with Crippen LogP contribution in [0.1, 0.15) is 6.23 Å². The number of carbonyl (C=O) groups excluding carboxylic acids is 2. The van der Waals surface area contributed by atoms with Crippen LogP contribution in [-0.4, -0.2) is 55.5 Å². The van der Waals surface area contributed by atoms with Crippen molar-refractivity contribution in [3.05, 3.63) is 71.3 Å². The molecule has 1 aliphatic heterocycles. The summed E-state index contributed by atoms with van der Waals surface area (Å²) in [4.78, 5) is 40.3. The van der Waals surface area contributed by atoms with Crippen LogP contribution in [0.4, 0.5) is 15.4 Å². The minimum absolute atomic E-state index is 0.00935. The maximum Gasteiger partial charge on any atom is 0.514 e. The quantitative estimate of drug-likeness (QED) is 0.350. The van der Waals surface area contributed by atoms with Gasteiger partial charge in [0, 0.05) is 6.20 Å². The van der Waals surface area contributed by atoms with Gasteiger partial charge >= 0.3 is 17.9 Å². The first-order valence-electron chi connectivity index (χ1n) is 10.9. The third-order valence-electron chi connectivity index (χ3n) is 4.97. The maximum absolute atomic E-state index is 12.5. The molecule has 0 unspecified atom stereocenters. The first kappa shape index (κ1) is 25.5. The molecule has 2 aromatic carbocycles. The summed E-state index contributed by atoms with van der Waals surface area (Å²) in [5.41, 5.74) is -0.698. The van der Waals surface area contributed by atoms with E-state index in [1.165, 1.54) is 31.0 Å². The van der Waals surface area contributed by atoms with Gasteiger partial charge in [-0.1, -0.05) is 0 Å². The highest BCUT2D eigenvalue weighted by atomic mass is 16.8. The second-order valence-electron chi connectivity index (χ2n) is 7.38. The van der Waals surface area contributed by atoms with Crippen LogP contribution in [0.25, 0.3) is 0 Å². The Morgan fingerprint density at radius 2 is 1.54 bits per heavy atom. The Morgan fingerprint density at radius 3 is 2.14 bits per heavy atom. The van der Waals surface area contributed by atoms with Crippen LogP contribution in [0.3, 0.4) is 0 Å². The van der Waals surface area contributed by atoms with E-state index in [4.69, 9.17) is 33.2 Å². The molecule has 1 N–H and O–H groups in total. The van der Waals surface area contributed by atoms with E-state index in [2.05, 4.69) is 10.3 Å². The molecule has 0 bridgehead atoms. The highest BCUT2D eigenvalue weighted by Crippen LogP contribution is 2.21. The molecule has 1 aliphatic rings. The van der Waals surface area contributed by atoms with Gasteiger partial charge in [-0.2, -0.15) is 4.98 Å². The van der Waals surface area contributed by atoms with Gasteiger partial charge < -0.3 is 33.2 Å². The number of rotatable bonds is 8. The monoisotopic (exact) mass is 513 g/mol. The minimum atomic E-state index is -0.948. The zero-order valence-corrected chi connectivity index (χ0v) is 19.8. The lowest BCUT2D eigenvalue weighted by molar-refractivity contribution is -0.105. The van der Waals surface area contributed by atoms with E-state index in [-0.39, 0.29) is 30.5 Å². The maximum atomic E-state index is 12.5. The molecular weight excluding hydrogens is 490 g/mol. The van der Waals surface area contributed by atoms with Gasteiger partial charge in [0.25, 0.3) is 0 Å². The van der Waals surface area contributed by atoms with E-state index in [1.807, 2.05) is 0 Å². The van der Waals surface area contributed by atoms with Crippen LogP contribution < -0.4 is 30.0 Å². The van der Waals surface area contributed by atoms with Gasteiger partial charge in [0.2, 0.25) is 0 Å². The number of nitrogens with one attached hydrogen (secondary N) is 1. The second-order valence-corrected chi connectivity index (χ2v) is 7.38. The fraction of sp³-hybridized carbons (Fsp3) is 0.250. The number of nitrogens with zero attached hydrogens (tertiary/aromatic N) is 2. The average molecular weight is 513 g/mol. The average Bonchev–Trinajstić information content (AvgIpc) is 3.37. The predicted octanol–water partition coefficient (Wildman–Crippen LogP) is 2.96. The van der Waals surface area contributed by atoms with Crippen LogP contribution in [0, 0.1) is 0 Å². The smallest absolute Gasteiger partial charge is 0.497 e. The largest absolute Gasteiger partial charge is 0.514 e. The lowest BCUT2D eigenvalue weighted by Gasteiger charge is -2.14. The molecule has 0 saturated carbocycles. The van der Waals surface area contributed by atoms with Crippen LogP contribution in [0.15, 0.2) is 65.6 Å². The third-order valence-corrected chi connectivity index (χ3v) is 4.97. The molecule has 0 aliphatic carbocycles. The number of aromatic nitrogens is 2. The summed E-state index contributed by atoms with van der Waals surface area (Å²) in [5.74, 6) is 1.76. The summed E-state index contributed by atoms with van der Waals surface area (Å²) >= 11 is 0. The molecule has 1 aromatic heterocycles. The molecule has 194 valence electrons. The predicted molar refractivity (Wildman–Crippen MR) is 126 cm³/mol. The fourth-order valence-corrected chi connectivity index (χ4v) is 3.16. The third kappa shape index (κ3) is 6.96. The topological polar surface area (TPSA) is 146 Å². The normalized spacial score (nSPS) is 16.5. The van der Waals surface area contributed by atoms with Crippen molar-refractivity contribution in [1.82, 2.24) is 9.55 Å². The molecule has 0 spiro atoms. The Labute approximate surface area is 210 Å². The van der Waals surface area contributed by atoms with Crippen LogP contribution in [0.5, 0.6) is 23.0 Å². The van der Waals surface area contributed by atoms with E-state index in [0.717, 1.165) is 0 Å². The number of ether oxygens (including phenoxy) is 7. The van der Waals surface area contributed by atoms with Crippen molar-refractivity contribution in [3.8, 4) is 23.0 Å². The SMILES string of the molecule is COc1ccc(OC(=O)Nc2ccn([C@@H]3CO[C@H](COC(=O)Oc4ccc(OC)cc4)O3)c(=O)n2)cc1. The van der Waals surface area contributed by atoms with Gasteiger partial charge in [0.05, 0.1) is 20.8 Å². The van der Waals surface area contributed by atoms with Crippen LogP contribution in [-0.2, 0) is 14.2 Å². The zero-order valence-electron chi connectivity index (χ0n) is 19.8. The standard InChI is InChI=1S/C24H23N3O10/c1-31-15-3-7-17(8-4-15)35-23(29)26-19-11-12-27(22(28)25-19)20-13-33-21(37-20)14-34-24(30)36-18-9-5-16(32-2)6-10-18/h3-12,20-21H,13-14H2,1-2H3,(H,25,26,28,29)/t20-,21-/m0/s1. The van der Waals surface area contributed by atoms with Gasteiger partial charge in [-0.3, -0.25) is 9.88 Å². The van der Waals surface area contributed by atoms with E-state index in [0.29, 0.717) is 11.5 Å². The van der Waals surface area contributed by atoms with Crippen molar-refractivity contribution >= 4 is 18.1 Å². The van der Waals surface area contributed by atoms with Gasteiger partial charge in [-0.25, -0.2) is 14.4 Å². The summed E-state index contributed by atoms with van der Waals surface area (Å²) < 4.78 is 37.5. The molecule has 0 radical (unpaired) electrons. The van der Waals surface area contributed by atoms with Gasteiger partial charge in [-0.05, 0) is 54.6 Å². The Morgan fingerprint density at radius 1 is 0.946 bits per heavy atom. The highest BCUT2D eigenvalue weighted by molar-refractivity contribution is 5.84. The number of anilines is 1. The molecule has 1 amide bonds. The van der Waals surface area contributed by atoms with Crippen LogP contribution in [0.2, 0.25) is 0 Å². The van der Waals surface area contributed by atoms with Crippen LogP contribution >= 0.6 is 0 Å². The van der Waals surface area contributed by atoms with Crippen molar-refractivity contribution in [2.75, 3.05) is 32.8 Å². The Balaban J connectivity index is 1.24. The summed E-state index contributed by atoms with van der Waals surface area (Å²) in [7, 11) is 3.05. The van der Waals surface area contributed by atoms with E-state index < -0.39 is 30.5 Å². The molecule has 1 saturated heterocycles. The van der Waals surface area contributed by atoms with E-state index >= 15 is 0 Å². The number of amides is 1. The molecule has 4 rings (SSSR count). The molecule has 2 atom stereocenters. The number of benzene rings is 2. The van der Waals surface area contributed by atoms with Crippen molar-refractivity contribution < 1.29 is 42.7 Å². The van der Waals surface area contributed by atoms with E-state index in [1.54, 1.807) is 48.5 Å². The first-order chi connectivity index (χ1) is 17.9. The first-order valence-corrected chi connectivity index (χ1v) is 10.9. The Bertz CT molecular complexity index is 1280. The lowest BCUT2D eigenvalue weighted by atomic mass is 10.3. The van der Waals surface area contributed by atoms with Gasteiger partial charge in [-0.15, -0.1) is 0 Å². The van der Waals surface area contributed by atoms with Crippen molar-refractivity contribution in [3.63, 3.8) is 0 Å². The molecule has 1 fully saturated rings. The molecule has 2 heterocycles. The summed E-state index contributed by atoms with van der Waals surface area (Å²) in [5, 5.41) is 2.38. The number of hydrogen-bond acceptors (Lipinski definition) is 11. The lowest BCUT2D eigenvalue weighted by Crippen LogP contribution is -2.30. The van der Waals surface area contributed by atoms with Gasteiger partial charge in [0.1, 0.15) is 35.4 Å². The van der Waals surface area contributed by atoms with Gasteiger partial charge in [0.15, 0.2) is 12.5 Å². The van der Waals surface area contributed by atoms with Crippen molar-refractivity contribution in [2.45, 2.75) is 12.5 Å².